The molecule has 7 nitrogen and oxygen atoms in total. The molecular weight excluding hydrogens is 400 g/mol. The van der Waals surface area contributed by atoms with Crippen molar-refractivity contribution in [2.24, 2.45) is 0 Å². The molecule has 4 aromatic rings. The minimum absolute atomic E-state index is 0.117. The highest BCUT2D eigenvalue weighted by Crippen LogP contribution is 2.33. The van der Waals surface area contributed by atoms with E-state index >= 15 is 0 Å². The number of hydrogen-bond acceptors (Lipinski definition) is 6. The van der Waals surface area contributed by atoms with Crippen LogP contribution in [0.1, 0.15) is 0 Å². The van der Waals surface area contributed by atoms with Gasteiger partial charge in [-0.1, -0.05) is 59.4 Å². The SMILES string of the molecule is O=C(COC(=O)Cn1nnc2ccccc21)Nc1ccccc1Sc1ccccc1. The first-order valence-electron chi connectivity index (χ1n) is 9.25. The molecular formula is C22H18N4O3S. The maximum atomic E-state index is 12.3. The molecule has 1 N–H and O–H groups in total. The summed E-state index contributed by atoms with van der Waals surface area (Å²) in [5.41, 5.74) is 2.08. The Balaban J connectivity index is 1.33. The molecule has 1 heterocycles. The van der Waals surface area contributed by atoms with E-state index in [0.717, 1.165) is 15.3 Å². The summed E-state index contributed by atoms with van der Waals surface area (Å²) >= 11 is 1.54. The molecule has 150 valence electrons. The number of amides is 1. The normalized spacial score (nSPS) is 10.7. The van der Waals surface area contributed by atoms with Crippen molar-refractivity contribution >= 4 is 40.4 Å². The number of hydrogen-bond donors (Lipinski definition) is 1. The van der Waals surface area contributed by atoms with Crippen LogP contribution >= 0.6 is 11.8 Å². The molecule has 3 aromatic carbocycles. The third-order valence-corrected chi connectivity index (χ3v) is 5.28. The maximum Gasteiger partial charge on any atom is 0.328 e. The quantitative estimate of drug-likeness (QED) is 0.460. The number of rotatable bonds is 7. The number of nitrogens with one attached hydrogen (secondary N) is 1. The lowest BCUT2D eigenvalue weighted by Crippen LogP contribution is -2.23. The molecule has 0 aliphatic carbocycles. The number of carbonyl (C=O) groups excluding carboxylic acids is 2. The predicted octanol–water partition coefficient (Wildman–Crippen LogP) is 3.76. The molecule has 0 saturated carbocycles. The lowest BCUT2D eigenvalue weighted by molar-refractivity contribution is -0.148. The van der Waals surface area contributed by atoms with Crippen molar-refractivity contribution in [1.29, 1.82) is 0 Å². The second-order valence-corrected chi connectivity index (χ2v) is 7.47. The Hall–Kier alpha value is -3.65. The van der Waals surface area contributed by atoms with Crippen LogP contribution in [0.15, 0.2) is 88.7 Å². The van der Waals surface area contributed by atoms with Gasteiger partial charge in [0.05, 0.1) is 11.2 Å². The van der Waals surface area contributed by atoms with Gasteiger partial charge in [-0.05, 0) is 36.4 Å². The second-order valence-electron chi connectivity index (χ2n) is 6.36. The summed E-state index contributed by atoms with van der Waals surface area (Å²) in [7, 11) is 0. The third-order valence-electron chi connectivity index (χ3n) is 4.20. The molecule has 0 saturated heterocycles. The van der Waals surface area contributed by atoms with Crippen LogP contribution in [-0.4, -0.2) is 33.5 Å². The zero-order valence-electron chi connectivity index (χ0n) is 15.9. The molecule has 0 aliphatic rings. The van der Waals surface area contributed by atoms with E-state index in [9.17, 15) is 9.59 Å². The van der Waals surface area contributed by atoms with Gasteiger partial charge < -0.3 is 10.1 Å². The zero-order chi connectivity index (χ0) is 20.8. The average Bonchev–Trinajstić information content (AvgIpc) is 3.17. The first-order chi connectivity index (χ1) is 14.7. The summed E-state index contributed by atoms with van der Waals surface area (Å²) in [4.78, 5) is 26.4. The van der Waals surface area contributed by atoms with Crippen LogP contribution in [-0.2, 0) is 20.9 Å². The fraction of sp³-hybridized carbons (Fsp3) is 0.0909. The van der Waals surface area contributed by atoms with Crippen LogP contribution in [0.3, 0.4) is 0 Å². The molecule has 0 aliphatic heterocycles. The molecule has 0 radical (unpaired) electrons. The maximum absolute atomic E-state index is 12.3. The van der Waals surface area contributed by atoms with E-state index in [0.29, 0.717) is 11.2 Å². The number of fused-ring (bicyclic) bond motifs is 1. The van der Waals surface area contributed by atoms with Gasteiger partial charge >= 0.3 is 5.97 Å². The lowest BCUT2D eigenvalue weighted by atomic mass is 10.3. The van der Waals surface area contributed by atoms with Crippen molar-refractivity contribution in [1.82, 2.24) is 15.0 Å². The minimum atomic E-state index is -0.562. The molecule has 30 heavy (non-hydrogen) atoms. The number of carbonyl (C=O) groups is 2. The van der Waals surface area contributed by atoms with Gasteiger partial charge in [-0.25, -0.2) is 4.68 Å². The van der Waals surface area contributed by atoms with Crippen LogP contribution in [0.2, 0.25) is 0 Å². The van der Waals surface area contributed by atoms with E-state index < -0.39 is 11.9 Å². The van der Waals surface area contributed by atoms with Crippen LogP contribution in [0.5, 0.6) is 0 Å². The molecule has 4 rings (SSSR count). The Morgan fingerprint density at radius 3 is 2.53 bits per heavy atom. The molecule has 0 atom stereocenters. The average molecular weight is 418 g/mol. The highest BCUT2D eigenvalue weighted by atomic mass is 32.2. The van der Waals surface area contributed by atoms with E-state index in [1.807, 2.05) is 78.9 Å². The van der Waals surface area contributed by atoms with Crippen LogP contribution in [0.25, 0.3) is 11.0 Å². The van der Waals surface area contributed by atoms with Gasteiger partial charge in [-0.15, -0.1) is 5.10 Å². The van der Waals surface area contributed by atoms with Crippen molar-refractivity contribution in [3.63, 3.8) is 0 Å². The van der Waals surface area contributed by atoms with Gasteiger partial charge in [0.25, 0.3) is 5.91 Å². The number of anilines is 1. The van der Waals surface area contributed by atoms with E-state index in [1.54, 1.807) is 11.8 Å². The van der Waals surface area contributed by atoms with Crippen LogP contribution in [0.4, 0.5) is 5.69 Å². The molecule has 1 amide bonds. The molecule has 0 unspecified atom stereocenters. The van der Waals surface area contributed by atoms with Crippen molar-refractivity contribution < 1.29 is 14.3 Å². The summed E-state index contributed by atoms with van der Waals surface area (Å²) in [5, 5.41) is 10.7. The molecule has 0 fully saturated rings. The summed E-state index contributed by atoms with van der Waals surface area (Å²) < 4.78 is 6.56. The number of para-hydroxylation sites is 2. The number of aromatic nitrogens is 3. The monoisotopic (exact) mass is 418 g/mol. The third kappa shape index (κ3) is 4.84. The standard InChI is InChI=1S/C22H18N4O3S/c27-21(15-29-22(28)14-26-19-12-6-4-10-17(19)24-25-26)23-18-11-5-7-13-20(18)30-16-8-2-1-3-9-16/h1-13H,14-15H2,(H,23,27). The largest absolute Gasteiger partial charge is 0.454 e. The topological polar surface area (TPSA) is 86.1 Å². The number of benzene rings is 3. The minimum Gasteiger partial charge on any atom is -0.454 e. The molecule has 0 spiro atoms. The van der Waals surface area contributed by atoms with E-state index in [2.05, 4.69) is 15.6 Å². The van der Waals surface area contributed by atoms with Gasteiger partial charge in [0.1, 0.15) is 12.1 Å². The van der Waals surface area contributed by atoms with Crippen molar-refractivity contribution in [3.8, 4) is 0 Å². The smallest absolute Gasteiger partial charge is 0.328 e. The Labute approximate surface area is 177 Å². The summed E-state index contributed by atoms with van der Waals surface area (Å²) in [6.07, 6.45) is 0. The van der Waals surface area contributed by atoms with Crippen molar-refractivity contribution in [3.05, 3.63) is 78.9 Å². The van der Waals surface area contributed by atoms with E-state index in [4.69, 9.17) is 4.74 Å². The fourth-order valence-electron chi connectivity index (χ4n) is 2.81. The Bertz CT molecular complexity index is 1180. The summed E-state index contributed by atoms with van der Waals surface area (Å²) in [6, 6.07) is 24.7. The summed E-state index contributed by atoms with van der Waals surface area (Å²) in [5.74, 6) is -0.972. The Morgan fingerprint density at radius 2 is 1.67 bits per heavy atom. The number of nitrogens with zero attached hydrogens (tertiary/aromatic N) is 3. The highest BCUT2D eigenvalue weighted by Gasteiger charge is 2.13. The predicted molar refractivity (Wildman–Crippen MR) is 114 cm³/mol. The number of esters is 1. The van der Waals surface area contributed by atoms with Gasteiger partial charge in [-0.3, -0.25) is 9.59 Å². The second kappa shape index (κ2) is 9.23. The van der Waals surface area contributed by atoms with Gasteiger partial charge in [0, 0.05) is 9.79 Å². The zero-order valence-corrected chi connectivity index (χ0v) is 16.7. The van der Waals surface area contributed by atoms with E-state index in [-0.39, 0.29) is 13.2 Å². The van der Waals surface area contributed by atoms with Crippen molar-refractivity contribution in [2.75, 3.05) is 11.9 Å². The van der Waals surface area contributed by atoms with Crippen LogP contribution in [0, 0.1) is 0 Å². The summed E-state index contributed by atoms with van der Waals surface area (Å²) in [6.45, 7) is -0.496. The lowest BCUT2D eigenvalue weighted by Gasteiger charge is -2.11. The van der Waals surface area contributed by atoms with Crippen LogP contribution < -0.4 is 5.32 Å². The molecule has 1 aromatic heterocycles. The van der Waals surface area contributed by atoms with E-state index in [1.165, 1.54) is 4.68 Å². The van der Waals surface area contributed by atoms with Gasteiger partial charge in [-0.2, -0.15) is 0 Å². The Kier molecular flexibility index (Phi) is 6.05. The molecule has 8 heteroatoms. The fourth-order valence-corrected chi connectivity index (χ4v) is 3.73. The molecule has 0 bridgehead atoms. The number of ether oxygens (including phenoxy) is 1. The Morgan fingerprint density at radius 1 is 0.933 bits per heavy atom. The van der Waals surface area contributed by atoms with Gasteiger partial charge in [0.15, 0.2) is 6.61 Å². The first kappa shape index (κ1) is 19.7. The van der Waals surface area contributed by atoms with Gasteiger partial charge in [0.2, 0.25) is 0 Å². The highest BCUT2D eigenvalue weighted by molar-refractivity contribution is 7.99. The first-order valence-corrected chi connectivity index (χ1v) is 10.1. The van der Waals surface area contributed by atoms with Crippen molar-refractivity contribution in [2.45, 2.75) is 16.3 Å².